The van der Waals surface area contributed by atoms with E-state index in [-0.39, 0.29) is 13.2 Å². The summed E-state index contributed by atoms with van der Waals surface area (Å²) < 4.78 is 10.4. The van der Waals surface area contributed by atoms with E-state index in [1.807, 2.05) is 42.5 Å². The van der Waals surface area contributed by atoms with Gasteiger partial charge in [-0.15, -0.1) is 0 Å². The summed E-state index contributed by atoms with van der Waals surface area (Å²) >= 11 is 0. The predicted molar refractivity (Wildman–Crippen MR) is 95.0 cm³/mol. The number of fused-ring (bicyclic) bond motifs is 1. The average molecular weight is 338 g/mol. The highest BCUT2D eigenvalue weighted by molar-refractivity contribution is 6.01. The summed E-state index contributed by atoms with van der Waals surface area (Å²) in [7, 11) is 0. The van der Waals surface area contributed by atoms with Crippen LogP contribution in [-0.4, -0.2) is 25.2 Å². The van der Waals surface area contributed by atoms with Gasteiger partial charge in [0.15, 0.2) is 5.41 Å². The smallest absolute Gasteiger partial charge is 0.324 e. The lowest BCUT2D eigenvalue weighted by molar-refractivity contribution is -0.171. The van der Waals surface area contributed by atoms with Gasteiger partial charge in [0.05, 0.1) is 13.2 Å². The Morgan fingerprint density at radius 2 is 1.44 bits per heavy atom. The lowest BCUT2D eigenvalue weighted by atomic mass is 9.84. The molecule has 0 amide bonds. The zero-order valence-corrected chi connectivity index (χ0v) is 14.6. The van der Waals surface area contributed by atoms with Gasteiger partial charge in [0.2, 0.25) is 0 Å². The molecule has 2 aromatic rings. The molecule has 0 aromatic heterocycles. The number of hydrogen-bond donors (Lipinski definition) is 0. The van der Waals surface area contributed by atoms with Gasteiger partial charge in [-0.1, -0.05) is 48.5 Å². The van der Waals surface area contributed by atoms with Gasteiger partial charge in [-0.05, 0) is 48.9 Å². The quantitative estimate of drug-likeness (QED) is 0.618. The van der Waals surface area contributed by atoms with E-state index in [0.717, 1.165) is 22.3 Å². The maximum Gasteiger partial charge on any atom is 0.324 e. The van der Waals surface area contributed by atoms with Crippen LogP contribution in [-0.2, 0) is 31.9 Å². The Hall–Kier alpha value is -2.62. The second-order valence-electron chi connectivity index (χ2n) is 6.23. The van der Waals surface area contributed by atoms with Gasteiger partial charge < -0.3 is 9.47 Å². The third-order valence-corrected chi connectivity index (χ3v) is 4.63. The number of hydrogen-bond acceptors (Lipinski definition) is 4. The lowest BCUT2D eigenvalue weighted by Crippen LogP contribution is -2.43. The molecule has 0 aliphatic heterocycles. The fraction of sp³-hybridized carbons (Fsp3) is 0.333. The van der Waals surface area contributed by atoms with E-state index in [1.54, 1.807) is 13.8 Å². The van der Waals surface area contributed by atoms with E-state index in [0.29, 0.717) is 12.8 Å². The summed E-state index contributed by atoms with van der Waals surface area (Å²) in [4.78, 5) is 25.2. The van der Waals surface area contributed by atoms with Crippen LogP contribution in [0.4, 0.5) is 0 Å². The molecule has 0 bridgehead atoms. The molecule has 4 nitrogen and oxygen atoms in total. The van der Waals surface area contributed by atoms with Crippen LogP contribution in [0.2, 0.25) is 0 Å². The third-order valence-electron chi connectivity index (χ3n) is 4.63. The number of benzene rings is 2. The third kappa shape index (κ3) is 3.16. The van der Waals surface area contributed by atoms with Crippen molar-refractivity contribution in [2.75, 3.05) is 13.2 Å². The van der Waals surface area contributed by atoms with Crippen LogP contribution in [0.5, 0.6) is 0 Å². The summed E-state index contributed by atoms with van der Waals surface area (Å²) in [5.41, 5.74) is 2.92. The van der Waals surface area contributed by atoms with Crippen molar-refractivity contribution in [3.05, 3.63) is 59.7 Å². The van der Waals surface area contributed by atoms with Crippen LogP contribution in [0.25, 0.3) is 11.1 Å². The Morgan fingerprint density at radius 1 is 0.840 bits per heavy atom. The van der Waals surface area contributed by atoms with Crippen molar-refractivity contribution in [3.8, 4) is 11.1 Å². The molecule has 2 aromatic carbocycles. The molecule has 0 spiro atoms. The highest BCUT2D eigenvalue weighted by atomic mass is 16.6. The zero-order valence-electron chi connectivity index (χ0n) is 14.6. The zero-order chi connectivity index (χ0) is 17.9. The normalized spacial score (nSPS) is 14.6. The number of rotatable bonds is 5. The molecular weight excluding hydrogens is 316 g/mol. The van der Waals surface area contributed by atoms with Crippen molar-refractivity contribution in [1.29, 1.82) is 0 Å². The molecule has 1 aliphatic rings. The standard InChI is InChI=1S/C21H22O4/c1-3-24-19(22)21(20(23)25-4-2)13-17-11-10-16(12-18(17)14-21)15-8-6-5-7-9-15/h5-12H,3-4,13-14H2,1-2H3. The second-order valence-corrected chi connectivity index (χ2v) is 6.23. The predicted octanol–water partition coefficient (Wildman–Crippen LogP) is 3.56. The number of carbonyl (C=O) groups excluding carboxylic acids is 2. The van der Waals surface area contributed by atoms with Gasteiger partial charge in [0.25, 0.3) is 0 Å². The van der Waals surface area contributed by atoms with Crippen LogP contribution < -0.4 is 0 Å². The molecule has 0 N–H and O–H groups in total. The molecule has 1 aliphatic carbocycles. The lowest BCUT2D eigenvalue weighted by Gasteiger charge is -2.23. The molecule has 4 heteroatoms. The average Bonchev–Trinajstić information content (AvgIpc) is 3.03. The van der Waals surface area contributed by atoms with Crippen LogP contribution in [0, 0.1) is 5.41 Å². The monoisotopic (exact) mass is 338 g/mol. The summed E-state index contributed by atoms with van der Waals surface area (Å²) in [5, 5.41) is 0. The molecule has 130 valence electrons. The molecule has 0 atom stereocenters. The Kier molecular flexibility index (Phi) is 4.88. The van der Waals surface area contributed by atoms with Crippen LogP contribution in [0.3, 0.4) is 0 Å². The van der Waals surface area contributed by atoms with E-state index in [2.05, 4.69) is 6.07 Å². The molecular formula is C21H22O4. The van der Waals surface area contributed by atoms with Crippen molar-refractivity contribution in [2.24, 2.45) is 5.41 Å². The fourth-order valence-corrected chi connectivity index (χ4v) is 3.40. The van der Waals surface area contributed by atoms with Gasteiger partial charge in [0.1, 0.15) is 0 Å². The van der Waals surface area contributed by atoms with Crippen molar-refractivity contribution in [2.45, 2.75) is 26.7 Å². The Balaban J connectivity index is 1.96. The molecule has 0 radical (unpaired) electrons. The van der Waals surface area contributed by atoms with Gasteiger partial charge in [-0.3, -0.25) is 9.59 Å². The van der Waals surface area contributed by atoms with E-state index in [9.17, 15) is 9.59 Å². The van der Waals surface area contributed by atoms with E-state index in [4.69, 9.17) is 9.47 Å². The van der Waals surface area contributed by atoms with Crippen molar-refractivity contribution >= 4 is 11.9 Å². The number of ether oxygens (including phenoxy) is 2. The molecule has 0 unspecified atom stereocenters. The summed E-state index contributed by atoms with van der Waals surface area (Å²) in [6.45, 7) is 3.97. The molecule has 25 heavy (non-hydrogen) atoms. The first-order chi connectivity index (χ1) is 12.1. The van der Waals surface area contributed by atoms with Crippen LogP contribution in [0.15, 0.2) is 48.5 Å². The summed E-state index contributed by atoms with van der Waals surface area (Å²) in [5.74, 6) is -0.989. The molecule has 0 saturated carbocycles. The summed E-state index contributed by atoms with van der Waals surface area (Å²) in [6, 6.07) is 16.1. The maximum atomic E-state index is 12.6. The van der Waals surface area contributed by atoms with E-state index < -0.39 is 17.4 Å². The number of esters is 2. The first-order valence-corrected chi connectivity index (χ1v) is 8.62. The largest absolute Gasteiger partial charge is 0.465 e. The highest BCUT2D eigenvalue weighted by Crippen LogP contribution is 2.41. The molecule has 0 fully saturated rings. The fourth-order valence-electron chi connectivity index (χ4n) is 3.40. The Labute approximate surface area is 147 Å². The Bertz CT molecular complexity index is 762. The minimum atomic E-state index is -1.26. The van der Waals surface area contributed by atoms with Crippen LogP contribution >= 0.6 is 0 Å². The topological polar surface area (TPSA) is 52.6 Å². The van der Waals surface area contributed by atoms with Gasteiger partial charge in [0, 0.05) is 0 Å². The second kappa shape index (κ2) is 7.09. The summed E-state index contributed by atoms with van der Waals surface area (Å²) in [6.07, 6.45) is 0.649. The highest BCUT2D eigenvalue weighted by Gasteiger charge is 2.52. The first kappa shape index (κ1) is 17.2. The van der Waals surface area contributed by atoms with Crippen molar-refractivity contribution in [3.63, 3.8) is 0 Å². The molecule has 0 heterocycles. The van der Waals surface area contributed by atoms with Crippen molar-refractivity contribution in [1.82, 2.24) is 0 Å². The van der Waals surface area contributed by atoms with Gasteiger partial charge in [-0.2, -0.15) is 0 Å². The molecule has 0 saturated heterocycles. The van der Waals surface area contributed by atoms with Crippen molar-refractivity contribution < 1.29 is 19.1 Å². The maximum absolute atomic E-state index is 12.6. The first-order valence-electron chi connectivity index (χ1n) is 8.62. The minimum absolute atomic E-state index is 0.242. The number of carbonyl (C=O) groups is 2. The van der Waals surface area contributed by atoms with E-state index in [1.165, 1.54) is 0 Å². The molecule has 3 rings (SSSR count). The van der Waals surface area contributed by atoms with Crippen LogP contribution in [0.1, 0.15) is 25.0 Å². The van der Waals surface area contributed by atoms with Gasteiger partial charge in [-0.25, -0.2) is 0 Å². The van der Waals surface area contributed by atoms with E-state index >= 15 is 0 Å². The SMILES string of the molecule is CCOC(=O)C1(C(=O)OCC)Cc2ccc(-c3ccccc3)cc2C1. The minimum Gasteiger partial charge on any atom is -0.465 e. The van der Waals surface area contributed by atoms with Gasteiger partial charge >= 0.3 is 11.9 Å². The Morgan fingerprint density at radius 3 is 2.04 bits per heavy atom.